The molecule has 0 saturated carbocycles. The predicted molar refractivity (Wildman–Crippen MR) is 70.7 cm³/mol. The second-order valence-electron chi connectivity index (χ2n) is 4.44. The minimum absolute atomic E-state index is 0.189. The molecular weight excluding hydrogens is 227 g/mol. The van der Waals surface area contributed by atoms with Gasteiger partial charge in [-0.3, -0.25) is 4.98 Å². The van der Waals surface area contributed by atoms with Crippen molar-refractivity contribution in [3.8, 4) is 0 Å². The fourth-order valence-corrected chi connectivity index (χ4v) is 1.85. The van der Waals surface area contributed by atoms with Crippen LogP contribution in [0.4, 0.5) is 4.39 Å². The number of rotatable bonds is 4. The number of halogens is 1. The third-order valence-electron chi connectivity index (χ3n) is 3.04. The minimum Gasteiger partial charge on any atom is -0.307 e. The molecule has 0 aliphatic rings. The number of nitrogens with zero attached hydrogens (tertiary/aromatic N) is 1. The highest BCUT2D eigenvalue weighted by molar-refractivity contribution is 5.26. The molecule has 0 atom stereocenters. The van der Waals surface area contributed by atoms with Crippen LogP contribution in [0.3, 0.4) is 0 Å². The Morgan fingerprint density at radius 2 is 1.94 bits per heavy atom. The Morgan fingerprint density at radius 3 is 2.72 bits per heavy atom. The number of benzene rings is 1. The van der Waals surface area contributed by atoms with Gasteiger partial charge in [-0.1, -0.05) is 12.1 Å². The third-order valence-corrected chi connectivity index (χ3v) is 3.04. The van der Waals surface area contributed by atoms with Crippen LogP contribution in [0.1, 0.15) is 22.4 Å². The molecule has 3 heteroatoms. The van der Waals surface area contributed by atoms with E-state index in [1.807, 2.05) is 26.0 Å². The van der Waals surface area contributed by atoms with Crippen LogP contribution in [-0.4, -0.2) is 4.98 Å². The Morgan fingerprint density at radius 1 is 1.11 bits per heavy atom. The summed E-state index contributed by atoms with van der Waals surface area (Å²) in [5.41, 5.74) is 4.29. The van der Waals surface area contributed by atoms with Crippen molar-refractivity contribution in [2.75, 3.05) is 0 Å². The zero-order valence-electron chi connectivity index (χ0n) is 10.7. The quantitative estimate of drug-likeness (QED) is 0.893. The molecular formula is C15H17FN2. The highest BCUT2D eigenvalue weighted by Gasteiger charge is 2.02. The van der Waals surface area contributed by atoms with E-state index in [-0.39, 0.29) is 5.82 Å². The summed E-state index contributed by atoms with van der Waals surface area (Å²) in [5, 5.41) is 3.30. The van der Waals surface area contributed by atoms with Gasteiger partial charge in [-0.15, -0.1) is 0 Å². The van der Waals surface area contributed by atoms with Crippen molar-refractivity contribution in [1.29, 1.82) is 0 Å². The molecule has 0 radical (unpaired) electrons. The molecule has 1 aromatic carbocycles. The van der Waals surface area contributed by atoms with Crippen LogP contribution in [0, 0.1) is 19.7 Å². The van der Waals surface area contributed by atoms with Gasteiger partial charge in [-0.05, 0) is 48.7 Å². The van der Waals surface area contributed by atoms with Crippen LogP contribution in [0.15, 0.2) is 36.5 Å². The first-order valence-electron chi connectivity index (χ1n) is 6.03. The first-order chi connectivity index (χ1) is 8.66. The normalized spacial score (nSPS) is 10.6. The maximum atomic E-state index is 13.1. The second kappa shape index (κ2) is 5.74. The van der Waals surface area contributed by atoms with Gasteiger partial charge in [-0.25, -0.2) is 4.39 Å². The molecule has 2 nitrogen and oxygen atoms in total. The smallest absolute Gasteiger partial charge is 0.123 e. The molecule has 0 amide bonds. The number of aryl methyl sites for hydroxylation is 2. The average molecular weight is 244 g/mol. The minimum atomic E-state index is -0.189. The Labute approximate surface area is 107 Å². The van der Waals surface area contributed by atoms with Gasteiger partial charge in [0, 0.05) is 19.3 Å². The van der Waals surface area contributed by atoms with Crippen LogP contribution in [-0.2, 0) is 13.1 Å². The highest BCUT2D eigenvalue weighted by Crippen LogP contribution is 2.10. The average Bonchev–Trinajstić information content (AvgIpc) is 2.36. The number of nitrogens with one attached hydrogen (secondary N) is 1. The van der Waals surface area contributed by atoms with E-state index in [2.05, 4.69) is 10.3 Å². The fraction of sp³-hybridized carbons (Fsp3) is 0.267. The monoisotopic (exact) mass is 244 g/mol. The lowest BCUT2D eigenvalue weighted by Gasteiger charge is -2.09. The van der Waals surface area contributed by atoms with E-state index in [0.717, 1.165) is 16.8 Å². The van der Waals surface area contributed by atoms with E-state index in [9.17, 15) is 4.39 Å². The van der Waals surface area contributed by atoms with Gasteiger partial charge in [0.05, 0.1) is 5.69 Å². The van der Waals surface area contributed by atoms with Gasteiger partial charge >= 0.3 is 0 Å². The summed E-state index contributed by atoms with van der Waals surface area (Å²) in [6.45, 7) is 5.38. The van der Waals surface area contributed by atoms with Crippen LogP contribution < -0.4 is 5.32 Å². The summed E-state index contributed by atoms with van der Waals surface area (Å²) in [6, 6.07) is 8.83. The van der Waals surface area contributed by atoms with Crippen molar-refractivity contribution < 1.29 is 4.39 Å². The lowest BCUT2D eigenvalue weighted by Crippen LogP contribution is -2.15. The number of pyridine rings is 1. The van der Waals surface area contributed by atoms with Crippen molar-refractivity contribution in [3.63, 3.8) is 0 Å². The molecule has 1 heterocycles. The van der Waals surface area contributed by atoms with Crippen LogP contribution >= 0.6 is 0 Å². The first kappa shape index (κ1) is 12.7. The second-order valence-corrected chi connectivity index (χ2v) is 4.44. The van der Waals surface area contributed by atoms with E-state index < -0.39 is 0 Å². The lowest BCUT2D eigenvalue weighted by molar-refractivity contribution is 0.617. The lowest BCUT2D eigenvalue weighted by atomic mass is 10.1. The summed E-state index contributed by atoms with van der Waals surface area (Å²) in [4.78, 5) is 4.31. The Balaban J connectivity index is 1.96. The van der Waals surface area contributed by atoms with Crippen molar-refractivity contribution >= 4 is 0 Å². The molecule has 0 bridgehead atoms. The first-order valence-corrected chi connectivity index (χ1v) is 6.03. The Bertz CT molecular complexity index is 538. The van der Waals surface area contributed by atoms with Crippen molar-refractivity contribution in [2.45, 2.75) is 26.9 Å². The van der Waals surface area contributed by atoms with Crippen molar-refractivity contribution in [1.82, 2.24) is 10.3 Å². The summed E-state index contributed by atoms with van der Waals surface area (Å²) in [5.74, 6) is -0.189. The van der Waals surface area contributed by atoms with Crippen molar-refractivity contribution in [2.24, 2.45) is 0 Å². The molecule has 2 rings (SSSR count). The fourth-order valence-electron chi connectivity index (χ4n) is 1.85. The van der Waals surface area contributed by atoms with Gasteiger partial charge in [0.1, 0.15) is 5.82 Å². The van der Waals surface area contributed by atoms with Crippen molar-refractivity contribution in [3.05, 3.63) is 64.7 Å². The van der Waals surface area contributed by atoms with Crippen LogP contribution in [0.5, 0.6) is 0 Å². The summed E-state index contributed by atoms with van der Waals surface area (Å²) in [7, 11) is 0. The zero-order valence-corrected chi connectivity index (χ0v) is 10.7. The Hall–Kier alpha value is -1.74. The zero-order chi connectivity index (χ0) is 13.0. The standard InChI is InChI=1S/C15H17FN2/c1-11-5-6-14(16)8-13(11)9-17-10-15-12(2)4-3-7-18-15/h3-8,17H,9-10H2,1-2H3. The van der Waals surface area contributed by atoms with Gasteiger partial charge in [0.15, 0.2) is 0 Å². The van der Waals surface area contributed by atoms with Gasteiger partial charge in [0.25, 0.3) is 0 Å². The van der Waals surface area contributed by atoms with E-state index in [4.69, 9.17) is 0 Å². The van der Waals surface area contributed by atoms with E-state index in [1.165, 1.54) is 11.6 Å². The topological polar surface area (TPSA) is 24.9 Å². The molecule has 0 fully saturated rings. The number of aromatic nitrogens is 1. The maximum Gasteiger partial charge on any atom is 0.123 e. The molecule has 0 saturated heterocycles. The van der Waals surface area contributed by atoms with Crippen LogP contribution in [0.2, 0.25) is 0 Å². The molecule has 2 aromatic rings. The van der Waals surface area contributed by atoms with Gasteiger partial charge in [-0.2, -0.15) is 0 Å². The number of hydrogen-bond donors (Lipinski definition) is 1. The molecule has 0 aliphatic heterocycles. The van der Waals surface area contributed by atoms with E-state index >= 15 is 0 Å². The maximum absolute atomic E-state index is 13.1. The summed E-state index contributed by atoms with van der Waals surface area (Å²) < 4.78 is 13.1. The van der Waals surface area contributed by atoms with Gasteiger partial charge < -0.3 is 5.32 Å². The predicted octanol–water partition coefficient (Wildman–Crippen LogP) is 3.13. The largest absolute Gasteiger partial charge is 0.307 e. The molecule has 0 spiro atoms. The highest BCUT2D eigenvalue weighted by atomic mass is 19.1. The Kier molecular flexibility index (Phi) is 4.05. The number of hydrogen-bond acceptors (Lipinski definition) is 2. The van der Waals surface area contributed by atoms with Gasteiger partial charge in [0.2, 0.25) is 0 Å². The summed E-state index contributed by atoms with van der Waals surface area (Å²) >= 11 is 0. The third kappa shape index (κ3) is 3.14. The molecule has 1 aromatic heterocycles. The summed E-state index contributed by atoms with van der Waals surface area (Å²) in [6.07, 6.45) is 1.79. The van der Waals surface area contributed by atoms with E-state index in [0.29, 0.717) is 13.1 Å². The molecule has 94 valence electrons. The molecule has 1 N–H and O–H groups in total. The molecule has 0 aliphatic carbocycles. The molecule has 0 unspecified atom stereocenters. The van der Waals surface area contributed by atoms with Crippen LogP contribution in [0.25, 0.3) is 0 Å². The molecule has 18 heavy (non-hydrogen) atoms. The van der Waals surface area contributed by atoms with E-state index in [1.54, 1.807) is 18.3 Å². The SMILES string of the molecule is Cc1ccc(F)cc1CNCc1ncccc1C.